The highest BCUT2D eigenvalue weighted by Gasteiger charge is 2.04. The van der Waals surface area contributed by atoms with Gasteiger partial charge in [-0.2, -0.15) is 0 Å². The van der Waals surface area contributed by atoms with Gasteiger partial charge in [0.1, 0.15) is 0 Å². The van der Waals surface area contributed by atoms with E-state index in [1.807, 2.05) is 24.3 Å². The molecule has 1 aromatic carbocycles. The third kappa shape index (κ3) is 4.09. The molecule has 0 saturated heterocycles. The largest absolute Gasteiger partial charge is 0.294 e. The average molecular weight is 367 g/mol. The molecule has 0 spiro atoms. The Kier molecular flexibility index (Phi) is 5.70. The first-order valence-electron chi connectivity index (χ1n) is 4.59. The van der Waals surface area contributed by atoms with Gasteiger partial charge in [-0.1, -0.05) is 28.1 Å². The lowest BCUT2D eigenvalue weighted by molar-refractivity contribution is 0.0980. The number of carbonyl (C=O) groups excluding carboxylic acids is 1. The SMILES string of the molecule is O=C(CCCCBr)c1ccc(I)cc1. The van der Waals surface area contributed by atoms with Crippen molar-refractivity contribution in [2.24, 2.45) is 0 Å². The Bertz CT molecular complexity index is 295. The standard InChI is InChI=1S/C11H12BrIO/c12-8-2-1-3-11(14)9-4-6-10(13)7-5-9/h4-7H,1-3,8H2. The quantitative estimate of drug-likeness (QED) is 0.332. The molecule has 0 radical (unpaired) electrons. The molecular weight excluding hydrogens is 355 g/mol. The molecule has 3 heteroatoms. The van der Waals surface area contributed by atoms with Crippen LogP contribution < -0.4 is 0 Å². The van der Waals surface area contributed by atoms with Gasteiger partial charge in [-0.15, -0.1) is 0 Å². The van der Waals surface area contributed by atoms with Gasteiger partial charge in [0.2, 0.25) is 0 Å². The zero-order valence-electron chi connectivity index (χ0n) is 7.80. The van der Waals surface area contributed by atoms with Crippen molar-refractivity contribution in [1.82, 2.24) is 0 Å². The molecule has 0 unspecified atom stereocenters. The molecule has 76 valence electrons. The Morgan fingerprint density at radius 3 is 2.43 bits per heavy atom. The van der Waals surface area contributed by atoms with Gasteiger partial charge in [-0.3, -0.25) is 4.79 Å². The number of hydrogen-bond donors (Lipinski definition) is 0. The van der Waals surface area contributed by atoms with Crippen LogP contribution in [0.3, 0.4) is 0 Å². The number of ketones is 1. The monoisotopic (exact) mass is 366 g/mol. The lowest BCUT2D eigenvalue weighted by Gasteiger charge is -2.00. The van der Waals surface area contributed by atoms with E-state index in [4.69, 9.17) is 0 Å². The van der Waals surface area contributed by atoms with E-state index in [0.717, 1.165) is 23.7 Å². The number of halogens is 2. The zero-order valence-corrected chi connectivity index (χ0v) is 11.5. The number of rotatable bonds is 5. The van der Waals surface area contributed by atoms with Gasteiger partial charge >= 0.3 is 0 Å². The fourth-order valence-electron chi connectivity index (χ4n) is 1.16. The van der Waals surface area contributed by atoms with Gasteiger partial charge < -0.3 is 0 Å². The fraction of sp³-hybridized carbons (Fsp3) is 0.364. The van der Waals surface area contributed by atoms with Crippen LogP contribution in [-0.2, 0) is 0 Å². The van der Waals surface area contributed by atoms with Crippen LogP contribution in [0.1, 0.15) is 29.6 Å². The van der Waals surface area contributed by atoms with Gasteiger partial charge in [0, 0.05) is 20.9 Å². The summed E-state index contributed by atoms with van der Waals surface area (Å²) in [6.45, 7) is 0. The van der Waals surface area contributed by atoms with Crippen molar-refractivity contribution in [1.29, 1.82) is 0 Å². The van der Waals surface area contributed by atoms with Gasteiger partial charge in [0.05, 0.1) is 0 Å². The number of alkyl halides is 1. The van der Waals surface area contributed by atoms with Crippen molar-refractivity contribution in [2.75, 3.05) is 5.33 Å². The van der Waals surface area contributed by atoms with Crippen LogP contribution in [0.15, 0.2) is 24.3 Å². The summed E-state index contributed by atoms with van der Waals surface area (Å²) < 4.78 is 1.17. The van der Waals surface area contributed by atoms with E-state index >= 15 is 0 Å². The van der Waals surface area contributed by atoms with Gasteiger partial charge in [-0.05, 0) is 47.6 Å². The summed E-state index contributed by atoms with van der Waals surface area (Å²) in [5, 5.41) is 0.979. The van der Waals surface area contributed by atoms with Gasteiger partial charge in [-0.25, -0.2) is 0 Å². The second kappa shape index (κ2) is 6.56. The van der Waals surface area contributed by atoms with E-state index in [1.54, 1.807) is 0 Å². The molecule has 0 saturated carbocycles. The highest BCUT2D eigenvalue weighted by Crippen LogP contribution is 2.10. The summed E-state index contributed by atoms with van der Waals surface area (Å²) >= 11 is 5.59. The minimum atomic E-state index is 0.252. The molecule has 0 N–H and O–H groups in total. The number of hydrogen-bond acceptors (Lipinski definition) is 1. The normalized spacial score (nSPS) is 10.1. The predicted molar refractivity (Wildman–Crippen MR) is 71.1 cm³/mol. The highest BCUT2D eigenvalue weighted by molar-refractivity contribution is 14.1. The topological polar surface area (TPSA) is 17.1 Å². The molecule has 0 fully saturated rings. The van der Waals surface area contributed by atoms with Crippen molar-refractivity contribution in [3.05, 3.63) is 33.4 Å². The molecule has 14 heavy (non-hydrogen) atoms. The Balaban J connectivity index is 2.48. The van der Waals surface area contributed by atoms with Gasteiger partial charge in [0.25, 0.3) is 0 Å². The number of unbranched alkanes of at least 4 members (excludes halogenated alkanes) is 1. The molecule has 0 aromatic heterocycles. The predicted octanol–water partition coefficient (Wildman–Crippen LogP) is 4.04. The van der Waals surface area contributed by atoms with Crippen molar-refractivity contribution in [3.8, 4) is 0 Å². The van der Waals surface area contributed by atoms with Crippen LogP contribution in [-0.4, -0.2) is 11.1 Å². The summed E-state index contributed by atoms with van der Waals surface area (Å²) in [4.78, 5) is 11.6. The molecule has 1 rings (SSSR count). The summed E-state index contributed by atoms with van der Waals surface area (Å²) in [6.07, 6.45) is 2.69. The van der Waals surface area contributed by atoms with Crippen LogP contribution >= 0.6 is 38.5 Å². The van der Waals surface area contributed by atoms with E-state index in [2.05, 4.69) is 38.5 Å². The molecule has 0 aliphatic carbocycles. The molecule has 0 amide bonds. The molecule has 1 aromatic rings. The van der Waals surface area contributed by atoms with Crippen molar-refractivity contribution >= 4 is 44.3 Å². The Morgan fingerprint density at radius 1 is 1.21 bits per heavy atom. The second-order valence-electron chi connectivity index (χ2n) is 3.08. The molecule has 1 nitrogen and oxygen atoms in total. The van der Waals surface area contributed by atoms with E-state index in [-0.39, 0.29) is 5.78 Å². The first-order chi connectivity index (χ1) is 6.74. The van der Waals surface area contributed by atoms with Crippen LogP contribution in [0.5, 0.6) is 0 Å². The van der Waals surface area contributed by atoms with E-state index in [9.17, 15) is 4.79 Å². The first-order valence-corrected chi connectivity index (χ1v) is 6.79. The number of Topliss-reactive ketones (excluding diaryl/α,β-unsaturated/α-hetero) is 1. The summed E-state index contributed by atoms with van der Waals surface area (Å²) in [7, 11) is 0. The van der Waals surface area contributed by atoms with Crippen LogP contribution in [0.25, 0.3) is 0 Å². The minimum Gasteiger partial charge on any atom is -0.294 e. The smallest absolute Gasteiger partial charge is 0.162 e. The maximum Gasteiger partial charge on any atom is 0.162 e. The number of benzene rings is 1. The molecule has 0 bridgehead atoms. The molecule has 0 aliphatic heterocycles. The van der Waals surface area contributed by atoms with Crippen molar-refractivity contribution < 1.29 is 4.79 Å². The van der Waals surface area contributed by atoms with Crippen LogP contribution in [0, 0.1) is 3.57 Å². The summed E-state index contributed by atoms with van der Waals surface area (Å²) in [6, 6.07) is 7.74. The third-order valence-corrected chi connectivity index (χ3v) is 3.23. The van der Waals surface area contributed by atoms with Crippen LogP contribution in [0.4, 0.5) is 0 Å². The van der Waals surface area contributed by atoms with Crippen LogP contribution in [0.2, 0.25) is 0 Å². The minimum absolute atomic E-state index is 0.252. The molecular formula is C11H12BrIO. The first kappa shape index (κ1) is 12.2. The molecule has 0 heterocycles. The summed E-state index contributed by atoms with van der Waals surface area (Å²) in [5.74, 6) is 0.252. The van der Waals surface area contributed by atoms with Crippen molar-refractivity contribution in [3.63, 3.8) is 0 Å². The maximum absolute atomic E-state index is 11.6. The highest BCUT2D eigenvalue weighted by atomic mass is 127. The van der Waals surface area contributed by atoms with E-state index in [1.165, 1.54) is 3.57 Å². The third-order valence-electron chi connectivity index (χ3n) is 1.95. The average Bonchev–Trinajstić information content (AvgIpc) is 2.19. The fourth-order valence-corrected chi connectivity index (χ4v) is 1.92. The number of carbonyl (C=O) groups is 1. The Labute approximate surface area is 107 Å². The summed E-state index contributed by atoms with van der Waals surface area (Å²) in [5.41, 5.74) is 0.833. The second-order valence-corrected chi connectivity index (χ2v) is 5.11. The lowest BCUT2D eigenvalue weighted by atomic mass is 10.1. The van der Waals surface area contributed by atoms with Crippen molar-refractivity contribution in [2.45, 2.75) is 19.3 Å². The van der Waals surface area contributed by atoms with Gasteiger partial charge in [0.15, 0.2) is 5.78 Å². The van der Waals surface area contributed by atoms with E-state index < -0.39 is 0 Å². The lowest BCUT2D eigenvalue weighted by Crippen LogP contribution is -1.98. The molecule has 0 aliphatic rings. The Morgan fingerprint density at radius 2 is 1.86 bits per heavy atom. The zero-order chi connectivity index (χ0) is 10.4. The molecule has 0 atom stereocenters. The van der Waals surface area contributed by atoms with E-state index in [0.29, 0.717) is 6.42 Å². The Hall–Kier alpha value is 0.1000. The maximum atomic E-state index is 11.6.